The molecule has 3 rings (SSSR count). The van der Waals surface area contributed by atoms with Crippen molar-refractivity contribution in [2.45, 2.75) is 44.6 Å². The first-order valence-corrected chi connectivity index (χ1v) is 7.70. The molecule has 2 aliphatic rings. The second kappa shape index (κ2) is 5.30. The highest BCUT2D eigenvalue weighted by Gasteiger charge is 2.36. The predicted octanol–water partition coefficient (Wildman–Crippen LogP) is 5.37. The SMILES string of the molecule is Clc1cc(Cl)cc(NC(C2CCC2)C2CCC2)c1. The molecule has 1 aromatic rings. The van der Waals surface area contributed by atoms with Gasteiger partial charge < -0.3 is 5.32 Å². The van der Waals surface area contributed by atoms with Gasteiger partial charge in [0.05, 0.1) is 0 Å². The first-order chi connectivity index (χ1) is 8.72. The van der Waals surface area contributed by atoms with E-state index in [1.54, 1.807) is 6.07 Å². The molecule has 0 aliphatic heterocycles. The average molecular weight is 284 g/mol. The number of anilines is 1. The molecule has 0 bridgehead atoms. The first kappa shape index (κ1) is 12.6. The van der Waals surface area contributed by atoms with Crippen LogP contribution in [0.25, 0.3) is 0 Å². The first-order valence-electron chi connectivity index (χ1n) is 6.95. The number of halogens is 2. The summed E-state index contributed by atoms with van der Waals surface area (Å²) < 4.78 is 0. The summed E-state index contributed by atoms with van der Waals surface area (Å²) in [6.07, 6.45) is 8.30. The van der Waals surface area contributed by atoms with Crippen LogP contribution < -0.4 is 5.32 Å². The van der Waals surface area contributed by atoms with Crippen LogP contribution in [-0.2, 0) is 0 Å². The van der Waals surface area contributed by atoms with Gasteiger partial charge >= 0.3 is 0 Å². The lowest BCUT2D eigenvalue weighted by Crippen LogP contribution is -2.42. The maximum Gasteiger partial charge on any atom is 0.0441 e. The van der Waals surface area contributed by atoms with Gasteiger partial charge in [0, 0.05) is 21.8 Å². The van der Waals surface area contributed by atoms with Crippen LogP contribution >= 0.6 is 23.2 Å². The van der Waals surface area contributed by atoms with Crippen LogP contribution in [0.15, 0.2) is 18.2 Å². The van der Waals surface area contributed by atoms with Gasteiger partial charge in [0.25, 0.3) is 0 Å². The van der Waals surface area contributed by atoms with Crippen molar-refractivity contribution in [3.8, 4) is 0 Å². The summed E-state index contributed by atoms with van der Waals surface area (Å²) in [5, 5.41) is 5.12. The van der Waals surface area contributed by atoms with Crippen LogP contribution in [0.2, 0.25) is 10.0 Å². The van der Waals surface area contributed by atoms with Gasteiger partial charge in [0.15, 0.2) is 0 Å². The predicted molar refractivity (Wildman–Crippen MR) is 78.6 cm³/mol. The van der Waals surface area contributed by atoms with E-state index in [0.29, 0.717) is 16.1 Å². The molecule has 2 saturated carbocycles. The van der Waals surface area contributed by atoms with Crippen LogP contribution in [-0.4, -0.2) is 6.04 Å². The summed E-state index contributed by atoms with van der Waals surface area (Å²) in [6.45, 7) is 0. The third kappa shape index (κ3) is 2.62. The van der Waals surface area contributed by atoms with E-state index < -0.39 is 0 Å². The maximum absolute atomic E-state index is 6.06. The number of nitrogens with one attached hydrogen (secondary N) is 1. The molecule has 3 heteroatoms. The maximum atomic E-state index is 6.06. The third-order valence-electron chi connectivity index (χ3n) is 4.51. The molecular formula is C15H19Cl2N. The summed E-state index contributed by atoms with van der Waals surface area (Å²) in [6, 6.07) is 6.38. The summed E-state index contributed by atoms with van der Waals surface area (Å²) in [5.74, 6) is 1.71. The molecule has 1 nitrogen and oxygen atoms in total. The van der Waals surface area contributed by atoms with Crippen molar-refractivity contribution in [1.82, 2.24) is 0 Å². The quantitative estimate of drug-likeness (QED) is 0.783. The largest absolute Gasteiger partial charge is 0.382 e. The van der Waals surface area contributed by atoms with Crippen LogP contribution in [0.3, 0.4) is 0 Å². The van der Waals surface area contributed by atoms with Crippen molar-refractivity contribution < 1.29 is 0 Å². The lowest BCUT2D eigenvalue weighted by molar-refractivity contribution is 0.166. The van der Waals surface area contributed by atoms with Crippen molar-refractivity contribution in [3.05, 3.63) is 28.2 Å². The second-order valence-corrected chi connectivity index (χ2v) is 6.58. The molecule has 0 amide bonds. The van der Waals surface area contributed by atoms with Gasteiger partial charge in [0.1, 0.15) is 0 Å². The zero-order chi connectivity index (χ0) is 12.5. The van der Waals surface area contributed by atoms with Crippen molar-refractivity contribution in [2.24, 2.45) is 11.8 Å². The van der Waals surface area contributed by atoms with Crippen LogP contribution in [0.5, 0.6) is 0 Å². The fourth-order valence-corrected chi connectivity index (χ4v) is 3.57. The zero-order valence-corrected chi connectivity index (χ0v) is 12.0. The molecule has 98 valence electrons. The van der Waals surface area contributed by atoms with E-state index in [2.05, 4.69) is 5.32 Å². The van der Waals surface area contributed by atoms with E-state index in [0.717, 1.165) is 17.5 Å². The molecule has 0 saturated heterocycles. The highest BCUT2D eigenvalue weighted by atomic mass is 35.5. The van der Waals surface area contributed by atoms with E-state index >= 15 is 0 Å². The normalized spacial score (nSPS) is 20.6. The van der Waals surface area contributed by atoms with Crippen molar-refractivity contribution in [3.63, 3.8) is 0 Å². The Hall–Kier alpha value is -0.400. The van der Waals surface area contributed by atoms with E-state index in [1.165, 1.54) is 38.5 Å². The highest BCUT2D eigenvalue weighted by molar-refractivity contribution is 6.35. The molecule has 0 spiro atoms. The minimum atomic E-state index is 0.627. The molecular weight excluding hydrogens is 265 g/mol. The summed E-state index contributed by atoms with van der Waals surface area (Å²) >= 11 is 12.1. The second-order valence-electron chi connectivity index (χ2n) is 5.71. The Morgan fingerprint density at radius 3 is 1.78 bits per heavy atom. The Balaban J connectivity index is 1.74. The average Bonchev–Trinajstić information content (AvgIpc) is 2.09. The van der Waals surface area contributed by atoms with Gasteiger partial charge in [-0.1, -0.05) is 36.0 Å². The molecule has 1 aromatic carbocycles. The lowest BCUT2D eigenvalue weighted by Gasteiger charge is -2.43. The zero-order valence-electron chi connectivity index (χ0n) is 10.5. The van der Waals surface area contributed by atoms with Crippen LogP contribution in [0.1, 0.15) is 38.5 Å². The number of benzene rings is 1. The van der Waals surface area contributed by atoms with E-state index in [1.807, 2.05) is 12.1 Å². The van der Waals surface area contributed by atoms with Crippen LogP contribution in [0, 0.1) is 11.8 Å². The molecule has 0 heterocycles. The van der Waals surface area contributed by atoms with Crippen molar-refractivity contribution in [2.75, 3.05) is 5.32 Å². The summed E-state index contributed by atoms with van der Waals surface area (Å²) in [5.41, 5.74) is 1.08. The lowest BCUT2D eigenvalue weighted by atomic mass is 9.68. The standard InChI is InChI=1S/C15H19Cl2N/c16-12-7-13(17)9-14(8-12)18-15(10-3-1-4-10)11-5-2-6-11/h7-11,15,18H,1-6H2. The van der Waals surface area contributed by atoms with Gasteiger partial charge in [-0.25, -0.2) is 0 Å². The van der Waals surface area contributed by atoms with Crippen LogP contribution in [0.4, 0.5) is 5.69 Å². The smallest absolute Gasteiger partial charge is 0.0441 e. The van der Waals surface area contributed by atoms with Crippen molar-refractivity contribution in [1.29, 1.82) is 0 Å². The van der Waals surface area contributed by atoms with Gasteiger partial charge in [-0.2, -0.15) is 0 Å². The Kier molecular flexibility index (Phi) is 3.72. The number of hydrogen-bond donors (Lipinski definition) is 1. The Morgan fingerprint density at radius 1 is 0.889 bits per heavy atom. The molecule has 0 atom stereocenters. The number of rotatable bonds is 4. The minimum Gasteiger partial charge on any atom is -0.382 e. The van der Waals surface area contributed by atoms with E-state index in [9.17, 15) is 0 Å². The molecule has 2 fully saturated rings. The monoisotopic (exact) mass is 283 g/mol. The summed E-state index contributed by atoms with van der Waals surface area (Å²) in [4.78, 5) is 0. The fourth-order valence-electron chi connectivity index (χ4n) is 3.05. The molecule has 0 unspecified atom stereocenters. The molecule has 0 radical (unpaired) electrons. The van der Waals surface area contributed by atoms with Gasteiger partial charge in [0.2, 0.25) is 0 Å². The molecule has 2 aliphatic carbocycles. The molecule has 0 aromatic heterocycles. The van der Waals surface area contributed by atoms with E-state index in [4.69, 9.17) is 23.2 Å². The molecule has 18 heavy (non-hydrogen) atoms. The Bertz CT molecular complexity index is 390. The third-order valence-corrected chi connectivity index (χ3v) is 4.95. The Labute approximate surface area is 119 Å². The van der Waals surface area contributed by atoms with Gasteiger partial charge in [-0.3, -0.25) is 0 Å². The van der Waals surface area contributed by atoms with Gasteiger partial charge in [-0.05, 0) is 55.7 Å². The van der Waals surface area contributed by atoms with Crippen molar-refractivity contribution >= 4 is 28.9 Å². The summed E-state index contributed by atoms with van der Waals surface area (Å²) in [7, 11) is 0. The van der Waals surface area contributed by atoms with Gasteiger partial charge in [-0.15, -0.1) is 0 Å². The topological polar surface area (TPSA) is 12.0 Å². The fraction of sp³-hybridized carbons (Fsp3) is 0.600. The molecule has 1 N–H and O–H groups in total. The minimum absolute atomic E-state index is 0.627. The number of hydrogen-bond acceptors (Lipinski definition) is 1. The Morgan fingerprint density at radius 2 is 1.39 bits per heavy atom. The highest BCUT2D eigenvalue weighted by Crippen LogP contribution is 2.41. The van der Waals surface area contributed by atoms with E-state index in [-0.39, 0.29) is 0 Å².